The summed E-state index contributed by atoms with van der Waals surface area (Å²) in [5.74, 6) is -0.490. The SMILES string of the molecule is O=C(O)c1cnc(-n2cnc3c2CCCC3)c(Cl)c1. The molecule has 0 radical (unpaired) electrons. The van der Waals surface area contributed by atoms with E-state index >= 15 is 0 Å². The van der Waals surface area contributed by atoms with Gasteiger partial charge in [-0.2, -0.15) is 0 Å². The van der Waals surface area contributed by atoms with Crippen molar-refractivity contribution in [2.24, 2.45) is 0 Å². The maximum atomic E-state index is 10.9. The summed E-state index contributed by atoms with van der Waals surface area (Å²) < 4.78 is 1.86. The average molecular weight is 278 g/mol. The van der Waals surface area contributed by atoms with E-state index in [1.54, 1.807) is 6.33 Å². The molecule has 0 unspecified atom stereocenters. The lowest BCUT2D eigenvalue weighted by atomic mass is 10.0. The molecule has 0 aliphatic heterocycles. The Morgan fingerprint density at radius 1 is 1.32 bits per heavy atom. The maximum absolute atomic E-state index is 10.9. The number of imidazole rings is 1. The monoisotopic (exact) mass is 277 g/mol. The van der Waals surface area contributed by atoms with Crippen LogP contribution in [-0.2, 0) is 12.8 Å². The van der Waals surface area contributed by atoms with Crippen LogP contribution in [0.25, 0.3) is 5.82 Å². The first kappa shape index (κ1) is 12.2. The minimum absolute atomic E-state index is 0.0859. The number of nitrogens with zero attached hydrogens (tertiary/aromatic N) is 3. The van der Waals surface area contributed by atoms with E-state index in [0.717, 1.165) is 37.1 Å². The fourth-order valence-electron chi connectivity index (χ4n) is 2.38. The molecular formula is C13H12ClN3O2. The van der Waals surface area contributed by atoms with Gasteiger partial charge in [-0.3, -0.25) is 4.57 Å². The summed E-state index contributed by atoms with van der Waals surface area (Å²) in [6, 6.07) is 1.42. The van der Waals surface area contributed by atoms with Crippen LogP contribution in [0, 0.1) is 0 Å². The van der Waals surface area contributed by atoms with Crippen molar-refractivity contribution in [3.05, 3.63) is 40.6 Å². The molecule has 98 valence electrons. The second-order valence-corrected chi connectivity index (χ2v) is 4.96. The van der Waals surface area contributed by atoms with Crippen LogP contribution < -0.4 is 0 Å². The van der Waals surface area contributed by atoms with Crippen molar-refractivity contribution >= 4 is 17.6 Å². The average Bonchev–Trinajstić information content (AvgIpc) is 2.82. The molecule has 0 bridgehead atoms. The van der Waals surface area contributed by atoms with Crippen molar-refractivity contribution in [2.75, 3.05) is 0 Å². The van der Waals surface area contributed by atoms with Gasteiger partial charge in [0.15, 0.2) is 5.82 Å². The number of pyridine rings is 1. The largest absolute Gasteiger partial charge is 0.478 e. The predicted molar refractivity (Wildman–Crippen MR) is 70.0 cm³/mol. The molecule has 19 heavy (non-hydrogen) atoms. The van der Waals surface area contributed by atoms with Gasteiger partial charge >= 0.3 is 5.97 Å². The van der Waals surface area contributed by atoms with E-state index in [9.17, 15) is 4.79 Å². The number of halogens is 1. The Hall–Kier alpha value is -1.88. The third-order valence-corrected chi connectivity index (χ3v) is 3.61. The second-order valence-electron chi connectivity index (χ2n) is 4.55. The van der Waals surface area contributed by atoms with Gasteiger partial charge in [-0.1, -0.05) is 11.6 Å². The number of carboxylic acids is 1. The molecule has 2 aromatic rings. The Morgan fingerprint density at radius 2 is 2.11 bits per heavy atom. The number of hydrogen-bond donors (Lipinski definition) is 1. The molecule has 2 aromatic heterocycles. The van der Waals surface area contributed by atoms with Gasteiger partial charge < -0.3 is 5.11 Å². The molecule has 0 fully saturated rings. The lowest BCUT2D eigenvalue weighted by molar-refractivity contribution is 0.0696. The van der Waals surface area contributed by atoms with Gasteiger partial charge in [0.2, 0.25) is 0 Å². The number of fused-ring (bicyclic) bond motifs is 1. The zero-order valence-electron chi connectivity index (χ0n) is 10.1. The third kappa shape index (κ3) is 2.10. The summed E-state index contributed by atoms with van der Waals surface area (Å²) in [6.45, 7) is 0. The third-order valence-electron chi connectivity index (χ3n) is 3.33. The highest BCUT2D eigenvalue weighted by Gasteiger charge is 2.18. The Labute approximate surface area is 114 Å². The highest BCUT2D eigenvalue weighted by molar-refractivity contribution is 6.32. The van der Waals surface area contributed by atoms with Crippen LogP contribution in [0.15, 0.2) is 18.6 Å². The van der Waals surface area contributed by atoms with Crippen LogP contribution in [0.2, 0.25) is 5.02 Å². The quantitative estimate of drug-likeness (QED) is 0.916. The van der Waals surface area contributed by atoms with Gasteiger partial charge in [-0.15, -0.1) is 0 Å². The summed E-state index contributed by atoms with van der Waals surface area (Å²) in [5.41, 5.74) is 2.30. The van der Waals surface area contributed by atoms with Crippen molar-refractivity contribution in [3.8, 4) is 5.82 Å². The van der Waals surface area contributed by atoms with Crippen LogP contribution in [0.5, 0.6) is 0 Å². The number of aryl methyl sites for hydroxylation is 1. The number of aromatic carboxylic acids is 1. The lowest BCUT2D eigenvalue weighted by Gasteiger charge is -2.14. The van der Waals surface area contributed by atoms with Crippen molar-refractivity contribution in [1.29, 1.82) is 0 Å². The van der Waals surface area contributed by atoms with Crippen molar-refractivity contribution in [2.45, 2.75) is 25.7 Å². The van der Waals surface area contributed by atoms with Gasteiger partial charge in [0.25, 0.3) is 0 Å². The minimum atomic E-state index is -1.03. The fraction of sp³-hybridized carbons (Fsp3) is 0.308. The number of hydrogen-bond acceptors (Lipinski definition) is 3. The number of carboxylic acid groups (broad SMARTS) is 1. The molecule has 2 heterocycles. The van der Waals surface area contributed by atoms with E-state index in [2.05, 4.69) is 9.97 Å². The van der Waals surface area contributed by atoms with E-state index in [1.165, 1.54) is 12.3 Å². The first-order chi connectivity index (χ1) is 9.16. The van der Waals surface area contributed by atoms with Crippen LogP contribution in [0.1, 0.15) is 34.6 Å². The van der Waals surface area contributed by atoms with E-state index in [1.807, 2.05) is 4.57 Å². The molecule has 0 spiro atoms. The summed E-state index contributed by atoms with van der Waals surface area (Å²) in [5, 5.41) is 9.23. The molecule has 1 aliphatic rings. The molecular weight excluding hydrogens is 266 g/mol. The smallest absolute Gasteiger partial charge is 0.337 e. The van der Waals surface area contributed by atoms with Gasteiger partial charge in [-0.25, -0.2) is 14.8 Å². The number of carbonyl (C=O) groups is 1. The summed E-state index contributed by atoms with van der Waals surface area (Å²) >= 11 is 6.13. The maximum Gasteiger partial charge on any atom is 0.337 e. The topological polar surface area (TPSA) is 68.0 Å². The molecule has 0 saturated heterocycles. The standard InChI is InChI=1S/C13H12ClN3O2/c14-9-5-8(13(18)19)6-15-12(9)17-7-16-10-3-1-2-4-11(10)17/h5-7H,1-4H2,(H,18,19). The Morgan fingerprint density at radius 3 is 2.84 bits per heavy atom. The molecule has 1 aliphatic carbocycles. The highest BCUT2D eigenvalue weighted by atomic mass is 35.5. The van der Waals surface area contributed by atoms with Crippen molar-refractivity contribution in [3.63, 3.8) is 0 Å². The molecule has 0 aromatic carbocycles. The molecule has 3 rings (SSSR count). The zero-order chi connectivity index (χ0) is 13.4. The van der Waals surface area contributed by atoms with Gasteiger partial charge in [0, 0.05) is 11.9 Å². The van der Waals surface area contributed by atoms with Crippen LogP contribution in [-0.4, -0.2) is 25.6 Å². The van der Waals surface area contributed by atoms with E-state index in [4.69, 9.17) is 16.7 Å². The predicted octanol–water partition coefficient (Wildman–Crippen LogP) is 2.50. The van der Waals surface area contributed by atoms with E-state index in [0.29, 0.717) is 10.8 Å². The molecule has 6 heteroatoms. The van der Waals surface area contributed by atoms with Crippen LogP contribution in [0.4, 0.5) is 0 Å². The summed E-state index contributed by atoms with van der Waals surface area (Å²) in [6.07, 6.45) is 7.25. The molecule has 0 saturated carbocycles. The Kier molecular flexibility index (Phi) is 2.98. The number of aromatic nitrogens is 3. The lowest BCUT2D eigenvalue weighted by Crippen LogP contribution is -2.09. The van der Waals surface area contributed by atoms with Crippen molar-refractivity contribution in [1.82, 2.24) is 14.5 Å². The normalized spacial score (nSPS) is 14.2. The Balaban J connectivity index is 2.07. The molecule has 5 nitrogen and oxygen atoms in total. The molecule has 0 atom stereocenters. The summed E-state index contributed by atoms with van der Waals surface area (Å²) in [4.78, 5) is 19.4. The molecule has 1 N–H and O–H groups in total. The first-order valence-electron chi connectivity index (χ1n) is 6.11. The summed E-state index contributed by atoms with van der Waals surface area (Å²) in [7, 11) is 0. The number of rotatable bonds is 2. The van der Waals surface area contributed by atoms with E-state index < -0.39 is 5.97 Å². The Bertz CT molecular complexity index is 651. The molecule has 0 amide bonds. The van der Waals surface area contributed by atoms with E-state index in [-0.39, 0.29) is 5.56 Å². The van der Waals surface area contributed by atoms with Gasteiger partial charge in [0.05, 0.1) is 16.3 Å². The highest BCUT2D eigenvalue weighted by Crippen LogP contribution is 2.26. The van der Waals surface area contributed by atoms with Gasteiger partial charge in [-0.05, 0) is 31.7 Å². The minimum Gasteiger partial charge on any atom is -0.478 e. The first-order valence-corrected chi connectivity index (χ1v) is 6.49. The van der Waals surface area contributed by atoms with Gasteiger partial charge in [0.1, 0.15) is 6.33 Å². The fourth-order valence-corrected chi connectivity index (χ4v) is 2.63. The van der Waals surface area contributed by atoms with Crippen molar-refractivity contribution < 1.29 is 9.90 Å². The second kappa shape index (κ2) is 4.66. The van der Waals surface area contributed by atoms with Crippen LogP contribution in [0.3, 0.4) is 0 Å². The van der Waals surface area contributed by atoms with Crippen LogP contribution >= 0.6 is 11.6 Å². The zero-order valence-corrected chi connectivity index (χ0v) is 10.9.